The highest BCUT2D eigenvalue weighted by atomic mass is 16.5. The van der Waals surface area contributed by atoms with E-state index >= 15 is 0 Å². The molecule has 1 rings (SSSR count). The van der Waals surface area contributed by atoms with Gasteiger partial charge in [-0.3, -0.25) is 11.3 Å². The second kappa shape index (κ2) is 5.58. The molecule has 1 aliphatic rings. The molecule has 0 aromatic carbocycles. The molecule has 3 heteroatoms. The summed E-state index contributed by atoms with van der Waals surface area (Å²) in [6.07, 6.45) is 6.72. The maximum Gasteiger partial charge on any atom is 0.0558 e. The van der Waals surface area contributed by atoms with Crippen molar-refractivity contribution in [3.8, 4) is 0 Å². The van der Waals surface area contributed by atoms with Crippen molar-refractivity contribution in [2.24, 2.45) is 11.8 Å². The van der Waals surface area contributed by atoms with E-state index in [2.05, 4.69) is 12.3 Å². The summed E-state index contributed by atoms with van der Waals surface area (Å²) in [5.74, 6) is 6.40. The van der Waals surface area contributed by atoms with Crippen molar-refractivity contribution in [3.63, 3.8) is 0 Å². The van der Waals surface area contributed by atoms with Gasteiger partial charge in [0.1, 0.15) is 0 Å². The van der Waals surface area contributed by atoms with Crippen LogP contribution in [0.15, 0.2) is 0 Å². The van der Waals surface area contributed by atoms with Gasteiger partial charge in [0.25, 0.3) is 0 Å². The quantitative estimate of drug-likeness (QED) is 0.487. The number of methoxy groups -OCH3 is 1. The topological polar surface area (TPSA) is 47.3 Å². The van der Waals surface area contributed by atoms with Crippen molar-refractivity contribution < 1.29 is 4.74 Å². The van der Waals surface area contributed by atoms with Gasteiger partial charge in [0.15, 0.2) is 0 Å². The van der Waals surface area contributed by atoms with E-state index in [0.29, 0.717) is 12.1 Å². The van der Waals surface area contributed by atoms with Gasteiger partial charge in [-0.15, -0.1) is 0 Å². The molecular formula is C10H22N2O. The summed E-state index contributed by atoms with van der Waals surface area (Å²) < 4.78 is 5.22. The molecule has 13 heavy (non-hydrogen) atoms. The number of nitrogens with one attached hydrogen (secondary N) is 1. The third-order valence-corrected chi connectivity index (χ3v) is 3.10. The molecule has 0 spiro atoms. The Morgan fingerprint density at radius 2 is 2.23 bits per heavy atom. The van der Waals surface area contributed by atoms with E-state index in [-0.39, 0.29) is 0 Å². The molecule has 1 saturated carbocycles. The van der Waals surface area contributed by atoms with Crippen LogP contribution in [0, 0.1) is 5.92 Å². The first-order valence-electron chi connectivity index (χ1n) is 5.25. The smallest absolute Gasteiger partial charge is 0.0558 e. The Morgan fingerprint density at radius 1 is 1.54 bits per heavy atom. The van der Waals surface area contributed by atoms with Crippen LogP contribution >= 0.6 is 0 Å². The first kappa shape index (κ1) is 11.0. The van der Waals surface area contributed by atoms with Gasteiger partial charge in [0.05, 0.1) is 6.10 Å². The monoisotopic (exact) mass is 186 g/mol. The molecular weight excluding hydrogens is 164 g/mol. The molecule has 2 unspecified atom stereocenters. The number of ether oxygens (including phenoxy) is 1. The fourth-order valence-electron chi connectivity index (χ4n) is 1.86. The van der Waals surface area contributed by atoms with Crippen molar-refractivity contribution in [3.05, 3.63) is 0 Å². The van der Waals surface area contributed by atoms with Gasteiger partial charge >= 0.3 is 0 Å². The van der Waals surface area contributed by atoms with Crippen LogP contribution in [0.2, 0.25) is 0 Å². The number of nitrogens with two attached hydrogens (primary N) is 1. The predicted octanol–water partition coefficient (Wildman–Crippen LogP) is 1.43. The van der Waals surface area contributed by atoms with Gasteiger partial charge in [0, 0.05) is 13.2 Å². The first-order valence-corrected chi connectivity index (χ1v) is 5.25. The summed E-state index contributed by atoms with van der Waals surface area (Å²) in [5, 5.41) is 0. The van der Waals surface area contributed by atoms with Crippen LogP contribution in [-0.4, -0.2) is 19.3 Å². The molecule has 3 N–H and O–H groups in total. The molecule has 78 valence electrons. The van der Waals surface area contributed by atoms with Crippen LogP contribution in [0.25, 0.3) is 0 Å². The van der Waals surface area contributed by atoms with Gasteiger partial charge in [0.2, 0.25) is 0 Å². The Morgan fingerprint density at radius 3 is 2.62 bits per heavy atom. The Balaban J connectivity index is 2.16. The minimum Gasteiger partial charge on any atom is -0.382 e. The maximum absolute atomic E-state index is 5.50. The summed E-state index contributed by atoms with van der Waals surface area (Å²) in [7, 11) is 1.75. The van der Waals surface area contributed by atoms with Crippen molar-refractivity contribution in [2.75, 3.05) is 7.11 Å². The Kier molecular flexibility index (Phi) is 4.70. The predicted molar refractivity (Wildman–Crippen MR) is 54.2 cm³/mol. The van der Waals surface area contributed by atoms with E-state index in [1.54, 1.807) is 7.11 Å². The van der Waals surface area contributed by atoms with E-state index < -0.39 is 0 Å². The van der Waals surface area contributed by atoms with Crippen LogP contribution in [-0.2, 0) is 4.74 Å². The molecule has 0 aromatic rings. The Hall–Kier alpha value is -0.120. The van der Waals surface area contributed by atoms with Crippen LogP contribution in [0.5, 0.6) is 0 Å². The summed E-state index contributed by atoms with van der Waals surface area (Å²) in [5.41, 5.74) is 2.89. The fraction of sp³-hybridized carbons (Fsp3) is 1.00. The molecule has 2 atom stereocenters. The van der Waals surface area contributed by atoms with Crippen LogP contribution in [0.3, 0.4) is 0 Å². The lowest BCUT2D eigenvalue weighted by Gasteiger charge is -2.30. The number of hydrogen-bond donors (Lipinski definition) is 2. The molecule has 1 aliphatic carbocycles. The van der Waals surface area contributed by atoms with Crippen LogP contribution < -0.4 is 11.3 Å². The summed E-state index contributed by atoms with van der Waals surface area (Å²) in [6.45, 7) is 2.09. The van der Waals surface area contributed by atoms with Gasteiger partial charge < -0.3 is 4.74 Å². The van der Waals surface area contributed by atoms with Crippen molar-refractivity contribution in [2.45, 2.75) is 51.2 Å². The molecule has 0 saturated heterocycles. The van der Waals surface area contributed by atoms with E-state index in [1.165, 1.54) is 25.7 Å². The molecule has 0 heterocycles. The van der Waals surface area contributed by atoms with E-state index in [9.17, 15) is 0 Å². The second-order valence-corrected chi connectivity index (χ2v) is 4.18. The van der Waals surface area contributed by atoms with Gasteiger partial charge in [-0.25, -0.2) is 0 Å². The Bertz CT molecular complexity index is 130. The van der Waals surface area contributed by atoms with E-state index in [0.717, 1.165) is 12.3 Å². The summed E-state index contributed by atoms with van der Waals surface area (Å²) >= 11 is 0. The summed E-state index contributed by atoms with van der Waals surface area (Å²) in [4.78, 5) is 0. The zero-order valence-electron chi connectivity index (χ0n) is 8.75. The minimum absolute atomic E-state index is 0.307. The fourth-order valence-corrected chi connectivity index (χ4v) is 1.86. The van der Waals surface area contributed by atoms with Crippen molar-refractivity contribution in [1.29, 1.82) is 0 Å². The van der Waals surface area contributed by atoms with Crippen molar-refractivity contribution in [1.82, 2.24) is 5.43 Å². The third-order valence-electron chi connectivity index (χ3n) is 3.10. The lowest BCUT2D eigenvalue weighted by Crippen LogP contribution is -2.39. The average molecular weight is 186 g/mol. The lowest BCUT2D eigenvalue weighted by atomic mass is 9.80. The zero-order valence-corrected chi connectivity index (χ0v) is 8.75. The highest BCUT2D eigenvalue weighted by molar-refractivity contribution is 4.77. The lowest BCUT2D eigenvalue weighted by molar-refractivity contribution is 0.0938. The van der Waals surface area contributed by atoms with Gasteiger partial charge in [-0.05, 0) is 25.7 Å². The van der Waals surface area contributed by atoms with E-state index in [4.69, 9.17) is 10.6 Å². The standard InChI is InChI=1S/C10H22N2O/c1-8(13-2)6-10(12-11)7-9-4-3-5-9/h8-10,12H,3-7,11H2,1-2H3. The van der Waals surface area contributed by atoms with Gasteiger partial charge in [-0.1, -0.05) is 19.3 Å². The first-order chi connectivity index (χ1) is 6.26. The molecule has 0 aromatic heterocycles. The largest absolute Gasteiger partial charge is 0.382 e. The number of hydrazine groups is 1. The molecule has 3 nitrogen and oxygen atoms in total. The maximum atomic E-state index is 5.50. The van der Waals surface area contributed by atoms with Crippen LogP contribution in [0.1, 0.15) is 39.0 Å². The highest BCUT2D eigenvalue weighted by Gasteiger charge is 2.22. The summed E-state index contributed by atoms with van der Waals surface area (Å²) in [6, 6.07) is 0.431. The van der Waals surface area contributed by atoms with Crippen LogP contribution in [0.4, 0.5) is 0 Å². The van der Waals surface area contributed by atoms with Gasteiger partial charge in [-0.2, -0.15) is 0 Å². The highest BCUT2D eigenvalue weighted by Crippen LogP contribution is 2.31. The second-order valence-electron chi connectivity index (χ2n) is 4.18. The van der Waals surface area contributed by atoms with E-state index in [1.807, 2.05) is 0 Å². The van der Waals surface area contributed by atoms with Crippen molar-refractivity contribution >= 4 is 0 Å². The zero-order chi connectivity index (χ0) is 9.68. The molecule has 0 amide bonds. The Labute approximate surface area is 81.0 Å². The number of rotatable bonds is 6. The average Bonchev–Trinajstić information content (AvgIpc) is 2.08. The number of hydrogen-bond acceptors (Lipinski definition) is 3. The molecule has 0 aliphatic heterocycles. The minimum atomic E-state index is 0.307. The molecule has 1 fully saturated rings. The SMILES string of the molecule is COC(C)CC(CC1CCC1)NN. The molecule has 0 radical (unpaired) electrons. The normalized spacial score (nSPS) is 22.4. The molecule has 0 bridgehead atoms. The third kappa shape index (κ3) is 3.63.